The molecule has 0 spiro atoms. The van der Waals surface area contributed by atoms with E-state index in [2.05, 4.69) is 0 Å². The van der Waals surface area contributed by atoms with Gasteiger partial charge in [-0.05, 0) is 42.8 Å². The minimum absolute atomic E-state index is 0.111. The molecule has 3 rings (SSSR count). The highest BCUT2D eigenvalue weighted by molar-refractivity contribution is 7.18. The Hall–Kier alpha value is -2.78. The van der Waals surface area contributed by atoms with Crippen molar-refractivity contribution in [3.63, 3.8) is 0 Å². The first-order chi connectivity index (χ1) is 14.3. The Morgan fingerprint density at radius 3 is 2.53 bits per heavy atom. The van der Waals surface area contributed by atoms with E-state index < -0.39 is 12.0 Å². The summed E-state index contributed by atoms with van der Waals surface area (Å²) in [6.07, 6.45) is -0.626. The van der Waals surface area contributed by atoms with Crippen LogP contribution in [0.2, 0.25) is 5.02 Å². The van der Waals surface area contributed by atoms with Crippen LogP contribution in [0.3, 0.4) is 0 Å². The topological polar surface area (TPSA) is 111 Å². The Morgan fingerprint density at radius 1 is 1.20 bits per heavy atom. The number of hydrogen-bond donors (Lipinski definition) is 3. The maximum absolute atomic E-state index is 13.0. The zero-order valence-corrected chi connectivity index (χ0v) is 18.0. The number of hydrogen-bond acceptors (Lipinski definition) is 7. The molecule has 158 valence electrons. The largest absolute Gasteiger partial charge is 0.493 e. The summed E-state index contributed by atoms with van der Waals surface area (Å²) in [4.78, 5) is 14.1. The lowest BCUT2D eigenvalue weighted by Gasteiger charge is -2.19. The van der Waals surface area contributed by atoms with Crippen molar-refractivity contribution >= 4 is 40.2 Å². The summed E-state index contributed by atoms with van der Waals surface area (Å²) in [6.45, 7) is 1.73. The molecule has 0 aliphatic rings. The van der Waals surface area contributed by atoms with Crippen LogP contribution in [0.15, 0.2) is 48.5 Å². The van der Waals surface area contributed by atoms with Crippen LogP contribution < -0.4 is 26.1 Å². The fourth-order valence-electron chi connectivity index (χ4n) is 2.69. The van der Waals surface area contributed by atoms with Gasteiger partial charge in [-0.25, -0.2) is 10.9 Å². The van der Waals surface area contributed by atoms with Crippen LogP contribution >= 0.6 is 22.9 Å². The Morgan fingerprint density at radius 2 is 1.90 bits per heavy atom. The summed E-state index contributed by atoms with van der Waals surface area (Å²) in [6, 6.07) is 13.8. The van der Waals surface area contributed by atoms with E-state index >= 15 is 0 Å². The number of rotatable bonds is 7. The maximum atomic E-state index is 13.0. The van der Waals surface area contributed by atoms with Gasteiger partial charge in [0.1, 0.15) is 11.5 Å². The average Bonchev–Trinajstić information content (AvgIpc) is 3.13. The first kappa shape index (κ1) is 21.9. The molecule has 0 saturated carbocycles. The van der Waals surface area contributed by atoms with Crippen molar-refractivity contribution in [3.05, 3.63) is 58.4 Å². The Bertz CT molecular complexity index is 1040. The summed E-state index contributed by atoms with van der Waals surface area (Å²) in [5.74, 6) is 6.46. The fraction of sp³-hybridized carbons (Fsp3) is 0.190. The lowest BCUT2D eigenvalue weighted by atomic mass is 10.2. The second kappa shape index (κ2) is 9.36. The molecule has 7 nitrogen and oxygen atoms in total. The van der Waals surface area contributed by atoms with E-state index in [0.717, 1.165) is 15.4 Å². The molecule has 1 amide bonds. The molecule has 1 atom stereocenters. The number of methoxy groups -OCH3 is 1. The van der Waals surface area contributed by atoms with Crippen LogP contribution in [0.1, 0.15) is 16.6 Å². The summed E-state index contributed by atoms with van der Waals surface area (Å²) in [7, 11) is 1.48. The maximum Gasteiger partial charge on any atom is 0.284 e. The monoisotopic (exact) mass is 447 g/mol. The highest BCUT2D eigenvalue weighted by Gasteiger charge is 2.22. The van der Waals surface area contributed by atoms with Crippen molar-refractivity contribution in [2.45, 2.75) is 13.0 Å². The molecule has 0 saturated heterocycles. The lowest BCUT2D eigenvalue weighted by Crippen LogP contribution is -2.37. The van der Waals surface area contributed by atoms with E-state index in [4.69, 9.17) is 32.7 Å². The highest BCUT2D eigenvalue weighted by Crippen LogP contribution is 2.36. The third-order valence-electron chi connectivity index (χ3n) is 4.21. The lowest BCUT2D eigenvalue weighted by molar-refractivity contribution is 0.0991. The highest BCUT2D eigenvalue weighted by atomic mass is 35.5. The number of halogens is 1. The average molecular weight is 448 g/mol. The van der Waals surface area contributed by atoms with Gasteiger partial charge in [0.25, 0.3) is 5.91 Å². The van der Waals surface area contributed by atoms with Gasteiger partial charge in [-0.15, -0.1) is 11.3 Å². The molecule has 1 unspecified atom stereocenters. The normalized spacial score (nSPS) is 11.8. The third kappa shape index (κ3) is 4.85. The van der Waals surface area contributed by atoms with E-state index in [1.54, 1.807) is 43.3 Å². The van der Waals surface area contributed by atoms with Crippen molar-refractivity contribution in [3.8, 4) is 21.9 Å². The Kier molecular flexibility index (Phi) is 6.84. The van der Waals surface area contributed by atoms with Crippen LogP contribution in [-0.4, -0.2) is 30.8 Å². The Labute approximate surface area is 183 Å². The van der Waals surface area contributed by atoms with E-state index in [0.29, 0.717) is 32.8 Å². The molecule has 2 aromatic carbocycles. The molecule has 0 aliphatic carbocycles. The predicted octanol–water partition coefficient (Wildman–Crippen LogP) is 3.94. The fourth-order valence-corrected chi connectivity index (χ4v) is 3.84. The van der Waals surface area contributed by atoms with Gasteiger partial charge in [0, 0.05) is 16.0 Å². The molecule has 0 aliphatic heterocycles. The number of nitrogens with zero attached hydrogens (tertiary/aromatic N) is 1. The number of carbonyl (C=O) groups is 1. The van der Waals surface area contributed by atoms with Crippen LogP contribution in [0, 0.1) is 0 Å². The first-order valence-electron chi connectivity index (χ1n) is 9.03. The number of nitrogen functional groups attached to an aromatic ring is 1. The molecule has 3 aromatic rings. The summed E-state index contributed by atoms with van der Waals surface area (Å²) in [5.41, 5.74) is 7.74. The molecule has 30 heavy (non-hydrogen) atoms. The molecule has 1 aromatic heterocycles. The molecule has 9 heteroatoms. The second-order valence-corrected chi connectivity index (χ2v) is 8.06. The number of thiophene rings is 1. The smallest absolute Gasteiger partial charge is 0.284 e. The van der Waals surface area contributed by atoms with Crippen molar-refractivity contribution in [1.82, 2.24) is 0 Å². The van der Waals surface area contributed by atoms with Crippen LogP contribution in [0.4, 0.5) is 11.4 Å². The van der Waals surface area contributed by atoms with Crippen molar-refractivity contribution in [2.75, 3.05) is 24.5 Å². The standard InChI is InChI=1S/C21H22ClN3O4S/c1-12(26)11-29-17-8-7-15(9-18(17)28-2)25(24)21(27)20-16(23)10-19(30-20)13-3-5-14(22)6-4-13/h3-10,12,26H,11,23-24H2,1-2H3. The van der Waals surface area contributed by atoms with E-state index in [-0.39, 0.29) is 6.61 Å². The van der Waals surface area contributed by atoms with E-state index in [9.17, 15) is 9.90 Å². The van der Waals surface area contributed by atoms with Gasteiger partial charge in [0.2, 0.25) is 0 Å². The summed E-state index contributed by atoms with van der Waals surface area (Å²) < 4.78 is 10.8. The molecular formula is C21H22ClN3O4S. The molecular weight excluding hydrogens is 426 g/mol. The number of amides is 1. The van der Waals surface area contributed by atoms with Crippen molar-refractivity contribution in [1.29, 1.82) is 0 Å². The minimum atomic E-state index is -0.626. The number of aliphatic hydroxyl groups excluding tert-OH is 1. The van der Waals surface area contributed by atoms with Crippen LogP contribution in [-0.2, 0) is 0 Å². The molecule has 1 heterocycles. The number of aliphatic hydroxyl groups is 1. The van der Waals surface area contributed by atoms with Crippen molar-refractivity contribution < 1.29 is 19.4 Å². The van der Waals surface area contributed by atoms with Gasteiger partial charge in [0.05, 0.1) is 24.6 Å². The minimum Gasteiger partial charge on any atom is -0.493 e. The summed E-state index contributed by atoms with van der Waals surface area (Å²) >= 11 is 7.19. The quantitative estimate of drug-likeness (QED) is 0.287. The molecule has 0 fully saturated rings. The molecule has 5 N–H and O–H groups in total. The molecule has 0 bridgehead atoms. The first-order valence-corrected chi connectivity index (χ1v) is 10.2. The third-order valence-corrected chi connectivity index (χ3v) is 5.65. The van der Waals surface area contributed by atoms with E-state index in [1.807, 2.05) is 12.1 Å². The van der Waals surface area contributed by atoms with Gasteiger partial charge in [0.15, 0.2) is 11.5 Å². The predicted molar refractivity (Wildman–Crippen MR) is 120 cm³/mol. The zero-order valence-electron chi connectivity index (χ0n) is 16.5. The van der Waals surface area contributed by atoms with Crippen molar-refractivity contribution in [2.24, 2.45) is 5.84 Å². The number of nitrogens with two attached hydrogens (primary N) is 2. The second-order valence-electron chi connectivity index (χ2n) is 6.57. The number of carbonyl (C=O) groups excluding carboxylic acids is 1. The van der Waals surface area contributed by atoms with Gasteiger partial charge in [-0.2, -0.15) is 0 Å². The zero-order chi connectivity index (χ0) is 21.8. The van der Waals surface area contributed by atoms with Gasteiger partial charge >= 0.3 is 0 Å². The number of ether oxygens (including phenoxy) is 2. The van der Waals surface area contributed by atoms with Gasteiger partial charge in [-0.1, -0.05) is 23.7 Å². The van der Waals surface area contributed by atoms with Gasteiger partial charge < -0.3 is 20.3 Å². The SMILES string of the molecule is COc1cc(N(N)C(=O)c2sc(-c3ccc(Cl)cc3)cc2N)ccc1OCC(C)O. The van der Waals surface area contributed by atoms with Gasteiger partial charge in [-0.3, -0.25) is 4.79 Å². The molecule has 0 radical (unpaired) electrons. The number of hydrazine groups is 1. The number of anilines is 2. The van der Waals surface area contributed by atoms with E-state index in [1.165, 1.54) is 18.4 Å². The summed E-state index contributed by atoms with van der Waals surface area (Å²) in [5, 5.41) is 11.0. The van der Waals surface area contributed by atoms with Crippen LogP contribution in [0.5, 0.6) is 11.5 Å². The Balaban J connectivity index is 1.84. The van der Waals surface area contributed by atoms with Crippen LogP contribution in [0.25, 0.3) is 10.4 Å². The number of benzene rings is 2.